The number of carbonyl (C=O) groups is 1. The molecule has 3 aromatic rings. The molecule has 2 aromatic heterocycles. The average Bonchev–Trinajstić information content (AvgIpc) is 3.11. The molecule has 0 radical (unpaired) electrons. The van der Waals surface area contributed by atoms with Crippen LogP contribution in [0.3, 0.4) is 0 Å². The topological polar surface area (TPSA) is 73.2 Å². The Labute approximate surface area is 179 Å². The lowest BCUT2D eigenvalue weighted by Crippen LogP contribution is -2.24. The van der Waals surface area contributed by atoms with Gasteiger partial charge in [0, 0.05) is 23.5 Å². The molecule has 1 amide bonds. The molecule has 1 aromatic carbocycles. The number of nitrogens with zero attached hydrogens (tertiary/aromatic N) is 2. The number of nitrogens with one attached hydrogen (secondary N) is 1. The van der Waals surface area contributed by atoms with Gasteiger partial charge in [0.25, 0.3) is 5.56 Å². The van der Waals surface area contributed by atoms with E-state index in [9.17, 15) is 22.8 Å². The van der Waals surface area contributed by atoms with Crippen LogP contribution in [-0.4, -0.2) is 28.2 Å². The van der Waals surface area contributed by atoms with Crippen LogP contribution >= 0.6 is 11.3 Å². The summed E-state index contributed by atoms with van der Waals surface area (Å²) in [4.78, 5) is 31.6. The molecule has 0 saturated carbocycles. The first kappa shape index (κ1) is 21.4. The van der Waals surface area contributed by atoms with Gasteiger partial charge >= 0.3 is 6.18 Å². The van der Waals surface area contributed by atoms with Gasteiger partial charge in [-0.25, -0.2) is 4.98 Å². The summed E-state index contributed by atoms with van der Waals surface area (Å²) in [6.07, 6.45) is 1.19. The van der Waals surface area contributed by atoms with Crippen molar-refractivity contribution >= 4 is 33.1 Å². The van der Waals surface area contributed by atoms with Crippen molar-refractivity contribution < 1.29 is 22.7 Å². The number of alkyl halides is 3. The van der Waals surface area contributed by atoms with Gasteiger partial charge in [0.15, 0.2) is 6.61 Å². The molecule has 0 bridgehead atoms. The number of halogens is 3. The molecule has 0 unspecified atom stereocenters. The van der Waals surface area contributed by atoms with Crippen LogP contribution in [0.1, 0.15) is 29.7 Å². The molecule has 6 nitrogen and oxygen atoms in total. The molecular formula is C21H20F3N3O3S. The lowest BCUT2D eigenvalue weighted by molar-refractivity contribution is -0.153. The van der Waals surface area contributed by atoms with Gasteiger partial charge in [-0.05, 0) is 55.5 Å². The molecule has 2 heterocycles. The minimum Gasteiger partial charge on any atom is -0.484 e. The lowest BCUT2D eigenvalue weighted by Gasteiger charge is -2.11. The van der Waals surface area contributed by atoms with Crippen molar-refractivity contribution in [2.24, 2.45) is 0 Å². The van der Waals surface area contributed by atoms with Gasteiger partial charge in [-0.3, -0.25) is 14.2 Å². The molecule has 0 aliphatic heterocycles. The summed E-state index contributed by atoms with van der Waals surface area (Å²) in [7, 11) is 0. The molecule has 4 rings (SSSR count). The highest BCUT2D eigenvalue weighted by atomic mass is 32.1. The molecule has 1 aliphatic carbocycles. The molecule has 1 N–H and O–H groups in total. The van der Waals surface area contributed by atoms with Crippen molar-refractivity contribution in [1.82, 2.24) is 9.55 Å². The molecule has 10 heteroatoms. The Kier molecular flexibility index (Phi) is 5.99. The van der Waals surface area contributed by atoms with Gasteiger partial charge in [-0.1, -0.05) is 0 Å². The van der Waals surface area contributed by atoms with Crippen molar-refractivity contribution in [2.45, 2.75) is 44.8 Å². The molecule has 164 valence electrons. The van der Waals surface area contributed by atoms with Crippen molar-refractivity contribution in [3.63, 3.8) is 0 Å². The van der Waals surface area contributed by atoms with E-state index in [1.807, 2.05) is 0 Å². The standard InChI is InChI=1S/C21H20F3N3O3S/c22-21(23,24)11-30-14-7-5-13(6-8-14)26-17(28)9-10-27-12-25-19-18(20(27)29)15-3-1-2-4-16(15)31-19/h5-8,12H,1-4,9-11H2,(H,26,28). The number of rotatable bonds is 6. The second-order valence-electron chi connectivity index (χ2n) is 7.36. The highest BCUT2D eigenvalue weighted by molar-refractivity contribution is 7.18. The fraction of sp³-hybridized carbons (Fsp3) is 0.381. The lowest BCUT2D eigenvalue weighted by atomic mass is 9.97. The largest absolute Gasteiger partial charge is 0.484 e. The van der Waals surface area contributed by atoms with E-state index in [0.29, 0.717) is 11.1 Å². The van der Waals surface area contributed by atoms with Crippen molar-refractivity contribution in [1.29, 1.82) is 0 Å². The molecule has 0 atom stereocenters. The predicted octanol–water partition coefficient (Wildman–Crippen LogP) is 4.31. The van der Waals surface area contributed by atoms with Crippen molar-refractivity contribution in [2.75, 3.05) is 11.9 Å². The van der Waals surface area contributed by atoms with Crippen LogP contribution in [0.25, 0.3) is 10.2 Å². The first-order chi connectivity index (χ1) is 14.8. The fourth-order valence-corrected chi connectivity index (χ4v) is 4.81. The summed E-state index contributed by atoms with van der Waals surface area (Å²) in [5.74, 6) is -0.261. The fourth-order valence-electron chi connectivity index (χ4n) is 3.59. The van der Waals surface area contributed by atoms with E-state index in [4.69, 9.17) is 0 Å². The molecular weight excluding hydrogens is 431 g/mol. The Hall–Kier alpha value is -2.88. The third kappa shape index (κ3) is 5.07. The molecule has 0 fully saturated rings. The Morgan fingerprint density at radius 2 is 1.94 bits per heavy atom. The van der Waals surface area contributed by atoms with E-state index in [2.05, 4.69) is 15.0 Å². The van der Waals surface area contributed by atoms with Crippen LogP contribution in [-0.2, 0) is 24.2 Å². The van der Waals surface area contributed by atoms with Crippen LogP contribution in [0, 0.1) is 0 Å². The quantitative estimate of drug-likeness (QED) is 0.606. The number of aryl methyl sites for hydroxylation is 3. The first-order valence-electron chi connectivity index (χ1n) is 9.89. The van der Waals surface area contributed by atoms with E-state index >= 15 is 0 Å². The average molecular weight is 451 g/mol. The zero-order chi connectivity index (χ0) is 22.0. The third-order valence-electron chi connectivity index (χ3n) is 5.06. The van der Waals surface area contributed by atoms with Crippen LogP contribution in [0.5, 0.6) is 5.75 Å². The number of benzene rings is 1. The van der Waals surface area contributed by atoms with Gasteiger partial charge in [-0.15, -0.1) is 11.3 Å². The second-order valence-corrected chi connectivity index (χ2v) is 8.44. The van der Waals surface area contributed by atoms with Crippen LogP contribution in [0.15, 0.2) is 35.4 Å². The van der Waals surface area contributed by atoms with E-state index < -0.39 is 12.8 Å². The number of ether oxygens (including phenoxy) is 1. The number of hydrogen-bond donors (Lipinski definition) is 1. The second kappa shape index (κ2) is 8.70. The van der Waals surface area contributed by atoms with Gasteiger partial charge in [0.1, 0.15) is 10.6 Å². The number of thiophene rings is 1. The van der Waals surface area contributed by atoms with Gasteiger partial charge in [-0.2, -0.15) is 13.2 Å². The maximum atomic E-state index is 12.9. The molecule has 31 heavy (non-hydrogen) atoms. The summed E-state index contributed by atoms with van der Waals surface area (Å²) in [5, 5.41) is 3.34. The highest BCUT2D eigenvalue weighted by Crippen LogP contribution is 2.33. The van der Waals surface area contributed by atoms with Crippen molar-refractivity contribution in [3.05, 3.63) is 51.4 Å². The third-order valence-corrected chi connectivity index (χ3v) is 6.26. The van der Waals surface area contributed by atoms with Gasteiger partial charge in [0.2, 0.25) is 5.91 Å². The number of hydrogen-bond acceptors (Lipinski definition) is 5. The number of fused-ring (bicyclic) bond motifs is 3. The Morgan fingerprint density at radius 3 is 2.68 bits per heavy atom. The van der Waals surface area contributed by atoms with E-state index in [1.165, 1.54) is 40.0 Å². The summed E-state index contributed by atoms with van der Waals surface area (Å²) in [6, 6.07) is 5.62. The van der Waals surface area contributed by atoms with Crippen LogP contribution < -0.4 is 15.6 Å². The molecule has 0 saturated heterocycles. The minimum atomic E-state index is -4.41. The number of anilines is 1. The predicted molar refractivity (Wildman–Crippen MR) is 112 cm³/mol. The monoisotopic (exact) mass is 451 g/mol. The summed E-state index contributed by atoms with van der Waals surface area (Å²) >= 11 is 1.58. The summed E-state index contributed by atoms with van der Waals surface area (Å²) < 4.78 is 42.7. The zero-order valence-corrected chi connectivity index (χ0v) is 17.3. The normalized spacial score (nSPS) is 13.8. The molecule has 1 aliphatic rings. The maximum absolute atomic E-state index is 12.9. The minimum absolute atomic E-state index is 0.0559. The van der Waals surface area contributed by atoms with Gasteiger partial charge < -0.3 is 10.1 Å². The number of aromatic nitrogens is 2. The van der Waals surface area contributed by atoms with Crippen LogP contribution in [0.2, 0.25) is 0 Å². The van der Waals surface area contributed by atoms with Crippen molar-refractivity contribution in [3.8, 4) is 5.75 Å². The van der Waals surface area contributed by atoms with E-state index in [-0.39, 0.29) is 30.2 Å². The highest BCUT2D eigenvalue weighted by Gasteiger charge is 2.28. The smallest absolute Gasteiger partial charge is 0.422 e. The van der Waals surface area contributed by atoms with E-state index in [1.54, 1.807) is 11.3 Å². The number of amides is 1. The SMILES string of the molecule is O=C(CCn1cnc2sc3c(c2c1=O)CCCC3)Nc1ccc(OCC(F)(F)F)cc1. The summed E-state index contributed by atoms with van der Waals surface area (Å²) in [6.45, 7) is -1.19. The Morgan fingerprint density at radius 1 is 1.19 bits per heavy atom. The molecule has 0 spiro atoms. The summed E-state index contributed by atoms with van der Waals surface area (Å²) in [5.41, 5.74) is 1.41. The van der Waals surface area contributed by atoms with Gasteiger partial charge in [0.05, 0.1) is 11.7 Å². The zero-order valence-electron chi connectivity index (χ0n) is 16.5. The van der Waals surface area contributed by atoms with Crippen LogP contribution in [0.4, 0.5) is 18.9 Å². The Balaban J connectivity index is 1.37. The first-order valence-corrected chi connectivity index (χ1v) is 10.7. The number of carbonyl (C=O) groups excluding carboxylic acids is 1. The maximum Gasteiger partial charge on any atom is 0.422 e. The van der Waals surface area contributed by atoms with E-state index in [0.717, 1.165) is 36.1 Å². The Bertz CT molecular complexity index is 1150.